The molecule has 0 spiro atoms. The van der Waals surface area contributed by atoms with Crippen LogP contribution in [0, 0.1) is 0 Å². The highest BCUT2D eigenvalue weighted by molar-refractivity contribution is 7.34. The molecule has 0 aliphatic rings. The normalized spacial score (nSPS) is 11.8. The minimum atomic E-state index is 1.28. The maximum absolute atomic E-state index is 2.37. The highest BCUT2D eigenvalue weighted by Gasteiger charge is 2.19. The van der Waals surface area contributed by atoms with Gasteiger partial charge in [0, 0.05) is 40.2 Å². The van der Waals surface area contributed by atoms with Gasteiger partial charge in [-0.2, -0.15) is 0 Å². The highest BCUT2D eigenvalue weighted by atomic mass is 32.1. The first kappa shape index (κ1) is 21.3. The standard InChI is InChI=1S/C34H20S3/c1-4-10-21(11-5-1)28-20-29-34(36-28)31-25-16-17-26-30(24(25)18-19-27(31)35-29)33(23-14-8-3-9-15-23)37-32(26)22-12-6-2-7-13-22/h1-20H. The molecule has 37 heavy (non-hydrogen) atoms. The summed E-state index contributed by atoms with van der Waals surface area (Å²) in [7, 11) is 0. The Balaban J connectivity index is 1.47. The van der Waals surface area contributed by atoms with E-state index in [0.717, 1.165) is 0 Å². The first-order valence-corrected chi connectivity index (χ1v) is 14.8. The molecular weight excluding hydrogens is 505 g/mol. The first-order chi connectivity index (χ1) is 18.3. The lowest BCUT2D eigenvalue weighted by Gasteiger charge is -2.06. The van der Waals surface area contributed by atoms with Gasteiger partial charge in [-0.05, 0) is 39.6 Å². The summed E-state index contributed by atoms with van der Waals surface area (Å²) in [6.07, 6.45) is 0. The number of hydrogen-bond donors (Lipinski definition) is 0. The molecule has 3 heterocycles. The second-order valence-corrected chi connectivity index (χ2v) is 12.4. The van der Waals surface area contributed by atoms with Crippen LogP contribution in [0.4, 0.5) is 0 Å². The van der Waals surface area contributed by atoms with Crippen molar-refractivity contribution in [1.29, 1.82) is 0 Å². The SMILES string of the molecule is c1ccc(-c2cc3sc4ccc5c(ccc6c(-c7ccccc7)sc(-c7ccccc7)c65)c4c3s2)cc1. The average molecular weight is 525 g/mol. The molecule has 8 aromatic rings. The monoisotopic (exact) mass is 524 g/mol. The van der Waals surface area contributed by atoms with E-state index in [1.165, 1.54) is 72.4 Å². The lowest BCUT2D eigenvalue weighted by molar-refractivity contribution is 1.70. The van der Waals surface area contributed by atoms with Crippen molar-refractivity contribution in [1.82, 2.24) is 0 Å². The topological polar surface area (TPSA) is 0 Å². The maximum atomic E-state index is 2.37. The van der Waals surface area contributed by atoms with Crippen molar-refractivity contribution in [2.24, 2.45) is 0 Å². The molecule has 3 aromatic heterocycles. The molecule has 0 aliphatic carbocycles. The molecule has 0 bridgehead atoms. The quantitative estimate of drug-likeness (QED) is 0.216. The third-order valence-corrected chi connectivity index (χ3v) is 10.9. The van der Waals surface area contributed by atoms with E-state index in [2.05, 4.69) is 121 Å². The Kier molecular flexibility index (Phi) is 4.84. The van der Waals surface area contributed by atoms with Gasteiger partial charge in [-0.15, -0.1) is 34.0 Å². The Hall–Kier alpha value is -3.76. The third kappa shape index (κ3) is 3.32. The summed E-state index contributed by atoms with van der Waals surface area (Å²) in [5.41, 5.74) is 3.86. The Bertz CT molecular complexity index is 2060. The zero-order chi connectivity index (χ0) is 24.3. The van der Waals surface area contributed by atoms with Crippen LogP contribution in [0.1, 0.15) is 0 Å². The van der Waals surface area contributed by atoms with Crippen LogP contribution in [0.3, 0.4) is 0 Å². The molecule has 5 aromatic carbocycles. The summed E-state index contributed by atoms with van der Waals surface area (Å²) in [5.74, 6) is 0. The second-order valence-electron chi connectivity index (χ2n) is 9.29. The lowest BCUT2D eigenvalue weighted by atomic mass is 9.97. The largest absolute Gasteiger partial charge is 0.134 e. The van der Waals surface area contributed by atoms with Crippen molar-refractivity contribution in [3.05, 3.63) is 121 Å². The highest BCUT2D eigenvalue weighted by Crippen LogP contribution is 2.50. The summed E-state index contributed by atoms with van der Waals surface area (Å²) in [5, 5.41) is 6.81. The predicted molar refractivity (Wildman–Crippen MR) is 166 cm³/mol. The number of hydrogen-bond acceptors (Lipinski definition) is 3. The smallest absolute Gasteiger partial charge is 0.0542 e. The third-order valence-electron chi connectivity index (χ3n) is 7.11. The molecular formula is C34H20S3. The molecule has 0 N–H and O–H groups in total. The van der Waals surface area contributed by atoms with Gasteiger partial charge in [-0.1, -0.05) is 109 Å². The first-order valence-electron chi connectivity index (χ1n) is 12.4. The number of thiophene rings is 3. The van der Waals surface area contributed by atoms with Crippen LogP contribution in [0.2, 0.25) is 0 Å². The van der Waals surface area contributed by atoms with E-state index in [0.29, 0.717) is 0 Å². The van der Waals surface area contributed by atoms with E-state index in [9.17, 15) is 0 Å². The van der Waals surface area contributed by atoms with Crippen LogP contribution in [0.25, 0.3) is 72.4 Å². The molecule has 174 valence electrons. The molecule has 0 unspecified atom stereocenters. The predicted octanol–water partition coefficient (Wildman–Crippen LogP) is 11.5. The summed E-state index contributed by atoms with van der Waals surface area (Å²) >= 11 is 5.75. The average Bonchev–Trinajstić information content (AvgIpc) is 3.65. The zero-order valence-electron chi connectivity index (χ0n) is 19.8. The van der Waals surface area contributed by atoms with E-state index in [-0.39, 0.29) is 0 Å². The van der Waals surface area contributed by atoms with Gasteiger partial charge in [0.2, 0.25) is 0 Å². The molecule has 0 radical (unpaired) electrons. The van der Waals surface area contributed by atoms with Crippen molar-refractivity contribution in [2.45, 2.75) is 0 Å². The van der Waals surface area contributed by atoms with Crippen LogP contribution in [-0.2, 0) is 0 Å². The van der Waals surface area contributed by atoms with Crippen LogP contribution < -0.4 is 0 Å². The second kappa shape index (κ2) is 8.39. The van der Waals surface area contributed by atoms with Crippen molar-refractivity contribution in [3.8, 4) is 31.3 Å². The molecule has 0 amide bonds. The maximum Gasteiger partial charge on any atom is 0.0542 e. The minimum Gasteiger partial charge on any atom is -0.134 e. The van der Waals surface area contributed by atoms with Gasteiger partial charge in [-0.25, -0.2) is 0 Å². The number of rotatable bonds is 3. The Morgan fingerprint density at radius 1 is 0.378 bits per heavy atom. The summed E-state index contributed by atoms with van der Waals surface area (Å²) < 4.78 is 4.15. The Morgan fingerprint density at radius 3 is 1.65 bits per heavy atom. The van der Waals surface area contributed by atoms with Crippen LogP contribution in [-0.4, -0.2) is 0 Å². The van der Waals surface area contributed by atoms with Crippen molar-refractivity contribution >= 4 is 75.0 Å². The van der Waals surface area contributed by atoms with Gasteiger partial charge in [0.1, 0.15) is 0 Å². The van der Waals surface area contributed by atoms with E-state index < -0.39 is 0 Å². The van der Waals surface area contributed by atoms with Crippen molar-refractivity contribution < 1.29 is 0 Å². The fraction of sp³-hybridized carbons (Fsp3) is 0. The van der Waals surface area contributed by atoms with Gasteiger partial charge < -0.3 is 0 Å². The summed E-state index contributed by atoms with van der Waals surface area (Å²) in [4.78, 5) is 4.03. The van der Waals surface area contributed by atoms with Crippen molar-refractivity contribution in [3.63, 3.8) is 0 Å². The van der Waals surface area contributed by atoms with E-state index in [1.807, 2.05) is 34.0 Å². The van der Waals surface area contributed by atoms with Crippen LogP contribution in [0.5, 0.6) is 0 Å². The minimum absolute atomic E-state index is 1.28. The molecule has 0 aliphatic heterocycles. The molecule has 8 rings (SSSR count). The van der Waals surface area contributed by atoms with Gasteiger partial charge in [-0.3, -0.25) is 0 Å². The summed E-state index contributed by atoms with van der Waals surface area (Å²) in [6.45, 7) is 0. The van der Waals surface area contributed by atoms with Crippen LogP contribution in [0.15, 0.2) is 121 Å². The molecule has 0 nitrogen and oxygen atoms in total. The van der Waals surface area contributed by atoms with Gasteiger partial charge in [0.05, 0.1) is 4.70 Å². The summed E-state index contributed by atoms with van der Waals surface area (Å²) in [6, 6.07) is 44.2. The molecule has 0 atom stereocenters. The Morgan fingerprint density at radius 2 is 0.946 bits per heavy atom. The van der Waals surface area contributed by atoms with Gasteiger partial charge >= 0.3 is 0 Å². The fourth-order valence-corrected chi connectivity index (χ4v) is 9.33. The van der Waals surface area contributed by atoms with E-state index in [1.54, 1.807) is 0 Å². The zero-order valence-corrected chi connectivity index (χ0v) is 22.2. The number of benzene rings is 5. The van der Waals surface area contributed by atoms with Gasteiger partial charge in [0.15, 0.2) is 0 Å². The molecule has 0 fully saturated rings. The number of fused-ring (bicyclic) bond motifs is 7. The fourth-order valence-electron chi connectivity index (χ4n) is 5.43. The van der Waals surface area contributed by atoms with E-state index >= 15 is 0 Å². The van der Waals surface area contributed by atoms with E-state index in [4.69, 9.17) is 0 Å². The Labute approximate surface area is 226 Å². The van der Waals surface area contributed by atoms with Crippen molar-refractivity contribution in [2.75, 3.05) is 0 Å². The molecule has 0 saturated carbocycles. The lowest BCUT2D eigenvalue weighted by Crippen LogP contribution is -1.79. The van der Waals surface area contributed by atoms with Crippen LogP contribution >= 0.6 is 34.0 Å². The van der Waals surface area contributed by atoms with Gasteiger partial charge in [0.25, 0.3) is 0 Å². The molecule has 0 saturated heterocycles. The molecule has 3 heteroatoms.